The highest BCUT2D eigenvalue weighted by Crippen LogP contribution is 2.38. The number of nitrogens with zero attached hydrogens (tertiary/aromatic N) is 2. The number of hydrogen-bond donors (Lipinski definition) is 0. The van der Waals surface area contributed by atoms with Crippen LogP contribution in [0.3, 0.4) is 0 Å². The van der Waals surface area contributed by atoms with Crippen molar-refractivity contribution in [3.63, 3.8) is 0 Å². The van der Waals surface area contributed by atoms with Crippen LogP contribution < -0.4 is 4.74 Å². The summed E-state index contributed by atoms with van der Waals surface area (Å²) in [5.74, 6) is 1.34. The molecule has 0 N–H and O–H groups in total. The van der Waals surface area contributed by atoms with Gasteiger partial charge >= 0.3 is 0 Å². The topological polar surface area (TPSA) is 15.7 Å². The normalized spacial score (nSPS) is 20.3. The third kappa shape index (κ3) is 5.80. The van der Waals surface area contributed by atoms with Crippen LogP contribution in [0.5, 0.6) is 5.75 Å². The van der Waals surface area contributed by atoms with Gasteiger partial charge in [0.1, 0.15) is 5.75 Å². The van der Waals surface area contributed by atoms with Crippen molar-refractivity contribution in [2.45, 2.75) is 37.4 Å². The Balaban J connectivity index is 0.00000162. The van der Waals surface area contributed by atoms with E-state index in [0.717, 1.165) is 29.9 Å². The summed E-state index contributed by atoms with van der Waals surface area (Å²) in [7, 11) is 1.77. The fraction of sp³-hybridized carbons (Fsp3) is 0.357. The molecule has 2 aliphatic heterocycles. The Morgan fingerprint density at radius 2 is 1.56 bits per heavy atom. The number of hydrogen-bond acceptors (Lipinski definition) is 3. The van der Waals surface area contributed by atoms with Crippen molar-refractivity contribution in [3.8, 4) is 5.75 Å². The van der Waals surface area contributed by atoms with Gasteiger partial charge in [0.05, 0.1) is 7.11 Å². The molecule has 3 nitrogen and oxygen atoms in total. The van der Waals surface area contributed by atoms with Crippen LogP contribution in [0.1, 0.15) is 35.4 Å². The van der Waals surface area contributed by atoms with E-state index in [0.29, 0.717) is 18.0 Å². The quantitative estimate of drug-likeness (QED) is 0.328. The van der Waals surface area contributed by atoms with E-state index in [1.807, 2.05) is 0 Å². The van der Waals surface area contributed by atoms with Crippen molar-refractivity contribution in [2.75, 3.05) is 26.7 Å². The molecule has 0 unspecified atom stereocenters. The molecule has 5 rings (SSSR count). The molecule has 3 aromatic carbocycles. The molecule has 2 heterocycles. The van der Waals surface area contributed by atoms with Crippen molar-refractivity contribution in [3.05, 3.63) is 100 Å². The maximum absolute atomic E-state index is 5.68. The largest absolute Gasteiger partial charge is 0.496 e. The zero-order valence-electron chi connectivity index (χ0n) is 19.5. The SMILES string of the molecule is COc1ccc(Br)cc1CN1C[C@H]2CCCN2[C@H](C(c2ccccc2)c2ccccc2)C1.Cl.Cl. The van der Waals surface area contributed by atoms with Gasteiger partial charge < -0.3 is 4.74 Å². The van der Waals surface area contributed by atoms with E-state index in [1.165, 1.54) is 36.1 Å². The predicted molar refractivity (Wildman–Crippen MR) is 149 cm³/mol. The second-order valence-corrected chi connectivity index (χ2v) is 9.97. The van der Waals surface area contributed by atoms with Gasteiger partial charge in [-0.1, -0.05) is 76.6 Å². The number of methoxy groups -OCH3 is 1. The van der Waals surface area contributed by atoms with Gasteiger partial charge in [0.2, 0.25) is 0 Å². The Labute approximate surface area is 224 Å². The molecule has 2 saturated heterocycles. The van der Waals surface area contributed by atoms with Crippen molar-refractivity contribution in [1.82, 2.24) is 9.80 Å². The summed E-state index contributed by atoms with van der Waals surface area (Å²) in [6.07, 6.45) is 2.59. The summed E-state index contributed by atoms with van der Waals surface area (Å²) in [4.78, 5) is 5.46. The Bertz CT molecular complexity index is 998. The Morgan fingerprint density at radius 3 is 2.18 bits per heavy atom. The Hall–Kier alpha value is -1.56. The molecule has 34 heavy (non-hydrogen) atoms. The molecule has 0 amide bonds. The fourth-order valence-corrected chi connectivity index (χ4v) is 6.14. The summed E-state index contributed by atoms with van der Waals surface area (Å²) in [5, 5.41) is 0. The van der Waals surface area contributed by atoms with E-state index < -0.39 is 0 Å². The second kappa shape index (κ2) is 12.4. The first-order chi connectivity index (χ1) is 15.7. The third-order valence-corrected chi connectivity index (χ3v) is 7.59. The molecule has 0 spiro atoms. The summed E-state index contributed by atoms with van der Waals surface area (Å²) in [5.41, 5.74) is 4.08. The Kier molecular flexibility index (Phi) is 9.87. The number of ether oxygens (including phenoxy) is 1. The van der Waals surface area contributed by atoms with Gasteiger partial charge in [0, 0.05) is 47.7 Å². The average Bonchev–Trinajstić information content (AvgIpc) is 3.30. The van der Waals surface area contributed by atoms with Gasteiger partial charge in [0.25, 0.3) is 0 Å². The van der Waals surface area contributed by atoms with E-state index in [-0.39, 0.29) is 24.8 Å². The molecule has 3 aromatic rings. The minimum Gasteiger partial charge on any atom is -0.496 e. The van der Waals surface area contributed by atoms with Gasteiger partial charge in [-0.2, -0.15) is 0 Å². The van der Waals surface area contributed by atoms with Crippen LogP contribution in [-0.4, -0.2) is 48.6 Å². The lowest BCUT2D eigenvalue weighted by atomic mass is 9.82. The monoisotopic (exact) mass is 562 g/mol. The summed E-state index contributed by atoms with van der Waals surface area (Å²) in [6.45, 7) is 4.31. The zero-order chi connectivity index (χ0) is 21.9. The van der Waals surface area contributed by atoms with E-state index >= 15 is 0 Å². The second-order valence-electron chi connectivity index (χ2n) is 9.05. The van der Waals surface area contributed by atoms with Crippen LogP contribution in [0.25, 0.3) is 0 Å². The molecule has 2 atom stereocenters. The molecule has 2 fully saturated rings. The summed E-state index contributed by atoms with van der Waals surface area (Å²) < 4.78 is 6.79. The number of halogens is 3. The maximum atomic E-state index is 5.68. The van der Waals surface area contributed by atoms with E-state index in [2.05, 4.69) is 105 Å². The van der Waals surface area contributed by atoms with Crippen LogP contribution in [0.15, 0.2) is 83.3 Å². The maximum Gasteiger partial charge on any atom is 0.123 e. The van der Waals surface area contributed by atoms with Gasteiger partial charge in [-0.15, -0.1) is 24.8 Å². The van der Waals surface area contributed by atoms with E-state index in [4.69, 9.17) is 4.74 Å². The molecule has 182 valence electrons. The minimum atomic E-state index is 0. The third-order valence-electron chi connectivity index (χ3n) is 7.10. The van der Waals surface area contributed by atoms with E-state index in [1.54, 1.807) is 7.11 Å². The number of benzene rings is 3. The fourth-order valence-electron chi connectivity index (χ4n) is 5.73. The first-order valence-electron chi connectivity index (χ1n) is 11.6. The van der Waals surface area contributed by atoms with Crippen molar-refractivity contribution in [1.29, 1.82) is 0 Å². The van der Waals surface area contributed by atoms with Crippen molar-refractivity contribution < 1.29 is 4.74 Å². The van der Waals surface area contributed by atoms with Gasteiger partial charge in [0.15, 0.2) is 0 Å². The molecule has 0 aromatic heterocycles. The van der Waals surface area contributed by atoms with Crippen LogP contribution in [0.2, 0.25) is 0 Å². The van der Waals surface area contributed by atoms with Crippen LogP contribution >= 0.6 is 40.7 Å². The highest BCUT2D eigenvalue weighted by molar-refractivity contribution is 9.10. The first-order valence-corrected chi connectivity index (χ1v) is 12.4. The molecule has 0 aliphatic carbocycles. The molecular weight excluding hydrogens is 531 g/mol. The standard InChI is InChI=1S/C28H31BrN2O.2ClH/c1-32-27-15-14-24(29)17-23(27)18-30-19-25-13-8-16-31(25)26(20-30)28(21-9-4-2-5-10-21)22-11-6-3-7-12-22;;/h2-7,9-12,14-15,17,25-26,28H,8,13,16,18-20H2,1H3;2*1H/t25-,26+;;/m1../s1. The van der Waals surface area contributed by atoms with Crippen LogP contribution in [0.4, 0.5) is 0 Å². The van der Waals surface area contributed by atoms with E-state index in [9.17, 15) is 0 Å². The smallest absolute Gasteiger partial charge is 0.123 e. The number of rotatable bonds is 6. The summed E-state index contributed by atoms with van der Waals surface area (Å²) >= 11 is 3.65. The lowest BCUT2D eigenvalue weighted by Gasteiger charge is -2.47. The van der Waals surface area contributed by atoms with Crippen molar-refractivity contribution >= 4 is 40.7 Å². The molecule has 0 saturated carbocycles. The minimum absolute atomic E-state index is 0. The molecule has 0 bridgehead atoms. The van der Waals surface area contributed by atoms with Gasteiger partial charge in [-0.05, 0) is 48.7 Å². The number of piperazine rings is 1. The molecular formula is C28H33BrCl2N2O. The lowest BCUT2D eigenvalue weighted by Crippen LogP contribution is -2.57. The van der Waals surface area contributed by atoms with Crippen molar-refractivity contribution in [2.24, 2.45) is 0 Å². The summed E-state index contributed by atoms with van der Waals surface area (Å²) in [6, 6.07) is 29.6. The average molecular weight is 564 g/mol. The van der Waals surface area contributed by atoms with Crippen LogP contribution in [-0.2, 0) is 6.54 Å². The molecule has 0 radical (unpaired) electrons. The zero-order valence-corrected chi connectivity index (χ0v) is 22.7. The Morgan fingerprint density at radius 1 is 0.912 bits per heavy atom. The van der Waals surface area contributed by atoms with Gasteiger partial charge in [-0.25, -0.2) is 0 Å². The number of fused-ring (bicyclic) bond motifs is 1. The predicted octanol–water partition coefficient (Wildman–Crippen LogP) is 6.78. The lowest BCUT2D eigenvalue weighted by molar-refractivity contribution is 0.0380. The first kappa shape index (κ1) is 27.0. The molecule has 2 aliphatic rings. The van der Waals surface area contributed by atoms with Crippen LogP contribution in [0, 0.1) is 0 Å². The molecule has 6 heteroatoms. The highest BCUT2D eigenvalue weighted by Gasteiger charge is 2.41. The highest BCUT2D eigenvalue weighted by atomic mass is 79.9. The van der Waals surface area contributed by atoms with Gasteiger partial charge in [-0.3, -0.25) is 9.80 Å².